The average molecular weight is 273 g/mol. The minimum atomic E-state index is -0.784. The predicted octanol–water partition coefficient (Wildman–Crippen LogP) is -1.43. The molecule has 0 aliphatic carbocycles. The summed E-state index contributed by atoms with van der Waals surface area (Å²) in [6, 6.07) is -0.784. The number of aliphatic imine (C=N–C) groups is 1. The molecule has 0 unspecified atom stereocenters. The lowest BCUT2D eigenvalue weighted by atomic mass is 10.1. The number of nitrogens with two attached hydrogens (primary N) is 4. The fraction of sp³-hybridized carbons (Fsp3) is 0.727. The van der Waals surface area contributed by atoms with Gasteiger partial charge >= 0.3 is 11.9 Å². The average Bonchev–Trinajstić information content (AvgIpc) is 2.34. The van der Waals surface area contributed by atoms with Gasteiger partial charge in [0.05, 0.1) is 0 Å². The van der Waals surface area contributed by atoms with Crippen molar-refractivity contribution in [3.05, 3.63) is 0 Å². The Kier molecular flexibility index (Phi) is 9.37. The molecular formula is C11H23N5O3. The second-order valence-electron chi connectivity index (χ2n) is 4.09. The van der Waals surface area contributed by atoms with Crippen LogP contribution in [0.3, 0.4) is 0 Å². The zero-order valence-electron chi connectivity index (χ0n) is 11.0. The molecule has 0 aromatic heterocycles. The van der Waals surface area contributed by atoms with Gasteiger partial charge in [0, 0.05) is 13.0 Å². The van der Waals surface area contributed by atoms with Crippen LogP contribution in [0.2, 0.25) is 0 Å². The summed E-state index contributed by atoms with van der Waals surface area (Å²) in [7, 11) is 0. The second kappa shape index (κ2) is 10.3. The maximum atomic E-state index is 11.4. The van der Waals surface area contributed by atoms with Gasteiger partial charge in [-0.15, -0.1) is 0 Å². The maximum Gasteiger partial charge on any atom is 0.330 e. The summed E-state index contributed by atoms with van der Waals surface area (Å²) < 4.78 is 4.60. The fourth-order valence-electron chi connectivity index (χ4n) is 1.30. The smallest absolute Gasteiger partial charge is 0.330 e. The molecule has 0 bridgehead atoms. The van der Waals surface area contributed by atoms with Crippen LogP contribution in [0.5, 0.6) is 0 Å². The number of hydrogen-bond donors (Lipinski definition) is 4. The van der Waals surface area contributed by atoms with Crippen LogP contribution in [-0.4, -0.2) is 37.0 Å². The standard InChI is InChI=1S/C11H23N5O3/c12-6-2-1-4-8(13)10(18)19-9(17)5-3-7-16-11(14)15/h8H,1-7,12-13H2,(H4,14,15,16)/t8-/m0/s1. The third-order valence-electron chi connectivity index (χ3n) is 2.32. The molecule has 0 radical (unpaired) electrons. The summed E-state index contributed by atoms with van der Waals surface area (Å²) in [4.78, 5) is 26.4. The first-order chi connectivity index (χ1) is 8.97. The number of rotatable bonds is 9. The van der Waals surface area contributed by atoms with Gasteiger partial charge in [0.15, 0.2) is 5.96 Å². The van der Waals surface area contributed by atoms with Crippen LogP contribution < -0.4 is 22.9 Å². The van der Waals surface area contributed by atoms with E-state index in [9.17, 15) is 9.59 Å². The first kappa shape index (κ1) is 17.3. The van der Waals surface area contributed by atoms with Gasteiger partial charge in [0.25, 0.3) is 0 Å². The number of carbonyl (C=O) groups excluding carboxylic acids is 2. The van der Waals surface area contributed by atoms with Crippen molar-refractivity contribution in [2.24, 2.45) is 27.9 Å². The molecule has 0 aliphatic heterocycles. The van der Waals surface area contributed by atoms with E-state index >= 15 is 0 Å². The van der Waals surface area contributed by atoms with Crippen LogP contribution in [0.4, 0.5) is 0 Å². The Morgan fingerprint density at radius 1 is 1.16 bits per heavy atom. The van der Waals surface area contributed by atoms with E-state index in [1.807, 2.05) is 0 Å². The number of hydrogen-bond acceptors (Lipinski definition) is 6. The third-order valence-corrected chi connectivity index (χ3v) is 2.32. The third kappa shape index (κ3) is 9.98. The summed E-state index contributed by atoms with van der Waals surface area (Å²) in [5.41, 5.74) is 21.1. The van der Waals surface area contributed by atoms with E-state index in [-0.39, 0.29) is 12.4 Å². The largest absolute Gasteiger partial charge is 0.392 e. The van der Waals surface area contributed by atoms with E-state index in [2.05, 4.69) is 9.73 Å². The van der Waals surface area contributed by atoms with E-state index in [4.69, 9.17) is 22.9 Å². The first-order valence-corrected chi connectivity index (χ1v) is 6.23. The Morgan fingerprint density at radius 2 is 1.84 bits per heavy atom. The van der Waals surface area contributed by atoms with Gasteiger partial charge in [-0.25, -0.2) is 4.79 Å². The summed E-state index contributed by atoms with van der Waals surface area (Å²) in [5.74, 6) is -1.36. The zero-order valence-corrected chi connectivity index (χ0v) is 11.0. The molecule has 0 aliphatic rings. The monoisotopic (exact) mass is 273 g/mol. The summed E-state index contributed by atoms with van der Waals surface area (Å²) in [6.45, 7) is 0.861. The van der Waals surface area contributed by atoms with Gasteiger partial charge in [0.1, 0.15) is 6.04 Å². The lowest BCUT2D eigenvalue weighted by Crippen LogP contribution is -2.33. The number of nitrogens with zero attached hydrogens (tertiary/aromatic N) is 1. The first-order valence-electron chi connectivity index (χ1n) is 6.23. The summed E-state index contributed by atoms with van der Waals surface area (Å²) in [5, 5.41) is 0. The maximum absolute atomic E-state index is 11.4. The molecule has 8 N–H and O–H groups in total. The molecule has 0 spiro atoms. The second-order valence-corrected chi connectivity index (χ2v) is 4.09. The lowest BCUT2D eigenvalue weighted by molar-refractivity contribution is -0.160. The number of carbonyl (C=O) groups is 2. The molecule has 110 valence electrons. The van der Waals surface area contributed by atoms with Crippen LogP contribution >= 0.6 is 0 Å². The molecule has 0 amide bonds. The van der Waals surface area contributed by atoms with Crippen LogP contribution in [0.25, 0.3) is 0 Å². The highest BCUT2D eigenvalue weighted by Gasteiger charge is 2.17. The minimum Gasteiger partial charge on any atom is -0.392 e. The van der Waals surface area contributed by atoms with Gasteiger partial charge in [-0.05, 0) is 25.8 Å². The molecular weight excluding hydrogens is 250 g/mol. The quantitative estimate of drug-likeness (QED) is 0.132. The highest BCUT2D eigenvalue weighted by Crippen LogP contribution is 2.02. The molecule has 0 saturated heterocycles. The van der Waals surface area contributed by atoms with E-state index < -0.39 is 18.0 Å². The highest BCUT2D eigenvalue weighted by molar-refractivity contribution is 5.88. The molecule has 8 heteroatoms. The van der Waals surface area contributed by atoms with Crippen LogP contribution in [0.1, 0.15) is 32.1 Å². The van der Waals surface area contributed by atoms with Crippen molar-refractivity contribution in [2.75, 3.05) is 13.1 Å². The molecule has 0 heterocycles. The molecule has 0 fully saturated rings. The van der Waals surface area contributed by atoms with Crippen molar-refractivity contribution in [3.63, 3.8) is 0 Å². The van der Waals surface area contributed by atoms with Crippen molar-refractivity contribution in [1.82, 2.24) is 0 Å². The van der Waals surface area contributed by atoms with Gasteiger partial charge in [-0.3, -0.25) is 9.79 Å². The van der Waals surface area contributed by atoms with E-state index in [1.165, 1.54) is 0 Å². The number of esters is 2. The van der Waals surface area contributed by atoms with Crippen molar-refractivity contribution in [2.45, 2.75) is 38.1 Å². The van der Waals surface area contributed by atoms with Crippen LogP contribution in [-0.2, 0) is 14.3 Å². The number of unbranched alkanes of at least 4 members (excludes halogenated alkanes) is 1. The number of guanidine groups is 1. The minimum absolute atomic E-state index is 0.0358. The van der Waals surface area contributed by atoms with Crippen LogP contribution in [0, 0.1) is 0 Å². The van der Waals surface area contributed by atoms with E-state index in [0.717, 1.165) is 12.8 Å². The topological polar surface area (TPSA) is 160 Å². The lowest BCUT2D eigenvalue weighted by Gasteiger charge is -2.09. The van der Waals surface area contributed by atoms with Crippen molar-refractivity contribution >= 4 is 17.9 Å². The Hall–Kier alpha value is -1.67. The highest BCUT2D eigenvalue weighted by atomic mass is 16.6. The zero-order chi connectivity index (χ0) is 14.7. The molecule has 0 aromatic rings. The number of ether oxygens (including phenoxy) is 1. The Balaban J connectivity index is 3.79. The van der Waals surface area contributed by atoms with E-state index in [1.54, 1.807) is 0 Å². The normalized spacial score (nSPS) is 11.7. The van der Waals surface area contributed by atoms with E-state index in [0.29, 0.717) is 25.9 Å². The molecule has 19 heavy (non-hydrogen) atoms. The molecule has 0 rings (SSSR count). The van der Waals surface area contributed by atoms with Gasteiger partial charge in [-0.1, -0.05) is 6.42 Å². The predicted molar refractivity (Wildman–Crippen MR) is 71.9 cm³/mol. The Labute approximate surface area is 112 Å². The summed E-state index contributed by atoms with van der Waals surface area (Å²) >= 11 is 0. The SMILES string of the molecule is NCCCC[C@H](N)C(=O)OC(=O)CCCN=C(N)N. The van der Waals surface area contributed by atoms with Crippen LogP contribution in [0.15, 0.2) is 4.99 Å². The molecule has 0 saturated carbocycles. The molecule has 8 nitrogen and oxygen atoms in total. The molecule has 1 atom stereocenters. The fourth-order valence-corrected chi connectivity index (χ4v) is 1.30. The van der Waals surface area contributed by atoms with Crippen molar-refractivity contribution in [1.29, 1.82) is 0 Å². The van der Waals surface area contributed by atoms with Crippen molar-refractivity contribution < 1.29 is 14.3 Å². The summed E-state index contributed by atoms with van der Waals surface area (Å²) in [6.07, 6.45) is 2.45. The van der Waals surface area contributed by atoms with Crippen molar-refractivity contribution in [3.8, 4) is 0 Å². The van der Waals surface area contributed by atoms with Gasteiger partial charge in [-0.2, -0.15) is 0 Å². The van der Waals surface area contributed by atoms with Gasteiger partial charge in [0.2, 0.25) is 0 Å². The molecule has 0 aromatic carbocycles. The Morgan fingerprint density at radius 3 is 2.42 bits per heavy atom. The van der Waals surface area contributed by atoms with Gasteiger partial charge < -0.3 is 27.7 Å². The Bertz CT molecular complexity index is 315.